The zero-order valence-corrected chi connectivity index (χ0v) is 12.3. The molecule has 3 aromatic rings. The summed E-state index contributed by atoms with van der Waals surface area (Å²) < 4.78 is 10.5. The van der Waals surface area contributed by atoms with Crippen molar-refractivity contribution in [2.75, 3.05) is 0 Å². The maximum Gasteiger partial charge on any atom is 0.336 e. The first-order valence-electron chi connectivity index (χ1n) is 7.29. The van der Waals surface area contributed by atoms with Gasteiger partial charge in [-0.1, -0.05) is 37.3 Å². The van der Waals surface area contributed by atoms with E-state index < -0.39 is 5.63 Å². The van der Waals surface area contributed by atoms with E-state index in [1.54, 1.807) is 6.07 Å². The van der Waals surface area contributed by atoms with Crippen molar-refractivity contribution in [1.82, 2.24) is 0 Å². The molecule has 3 rings (SSSR count). The van der Waals surface area contributed by atoms with Crippen LogP contribution in [0.1, 0.15) is 25.3 Å². The second-order valence-corrected chi connectivity index (χ2v) is 5.16. The van der Waals surface area contributed by atoms with Gasteiger partial charge in [-0.3, -0.25) is 4.79 Å². The maximum absolute atomic E-state index is 11.7. The molecule has 0 fully saturated rings. The maximum atomic E-state index is 11.7. The van der Waals surface area contributed by atoms with E-state index >= 15 is 0 Å². The summed E-state index contributed by atoms with van der Waals surface area (Å²) in [5, 5.41) is 2.84. The van der Waals surface area contributed by atoms with Gasteiger partial charge in [-0.15, -0.1) is 0 Å². The van der Waals surface area contributed by atoms with Crippen LogP contribution in [0.2, 0.25) is 0 Å². The van der Waals surface area contributed by atoms with Gasteiger partial charge in [0, 0.05) is 23.4 Å². The lowest BCUT2D eigenvalue weighted by atomic mass is 10.0. The topological polar surface area (TPSA) is 56.5 Å². The Morgan fingerprint density at radius 2 is 2.00 bits per heavy atom. The van der Waals surface area contributed by atoms with Crippen LogP contribution in [0.4, 0.5) is 0 Å². The van der Waals surface area contributed by atoms with Crippen LogP contribution in [0, 0.1) is 0 Å². The predicted molar refractivity (Wildman–Crippen MR) is 84.7 cm³/mol. The summed E-state index contributed by atoms with van der Waals surface area (Å²) >= 11 is 0. The third kappa shape index (κ3) is 2.72. The molecular formula is C18H16O4. The van der Waals surface area contributed by atoms with Gasteiger partial charge in [0.1, 0.15) is 12.2 Å². The number of hydrogen-bond donors (Lipinski definition) is 0. The van der Waals surface area contributed by atoms with E-state index in [2.05, 4.69) is 0 Å². The summed E-state index contributed by atoms with van der Waals surface area (Å²) in [6.45, 7) is 2.00. The summed E-state index contributed by atoms with van der Waals surface area (Å²) in [5.41, 5.74) is 0.740. The molecule has 2 aromatic carbocycles. The number of esters is 1. The highest BCUT2D eigenvalue weighted by Gasteiger charge is 2.11. The third-order valence-electron chi connectivity index (χ3n) is 3.56. The van der Waals surface area contributed by atoms with Crippen LogP contribution < -0.4 is 5.63 Å². The first-order chi connectivity index (χ1) is 10.7. The Hall–Kier alpha value is -2.62. The van der Waals surface area contributed by atoms with E-state index in [0.29, 0.717) is 17.6 Å². The average Bonchev–Trinajstić information content (AvgIpc) is 2.52. The van der Waals surface area contributed by atoms with E-state index in [4.69, 9.17) is 9.15 Å². The Kier molecular flexibility index (Phi) is 3.92. The molecule has 0 aliphatic heterocycles. The highest BCUT2D eigenvalue weighted by molar-refractivity contribution is 6.07. The van der Waals surface area contributed by atoms with Crippen molar-refractivity contribution >= 4 is 27.7 Å². The van der Waals surface area contributed by atoms with Gasteiger partial charge in [-0.05, 0) is 23.3 Å². The van der Waals surface area contributed by atoms with Gasteiger partial charge < -0.3 is 9.15 Å². The number of ether oxygens (including phenoxy) is 1. The van der Waals surface area contributed by atoms with E-state index in [1.807, 2.05) is 37.3 Å². The number of benzene rings is 2. The molecule has 0 aliphatic rings. The molecule has 4 nitrogen and oxygen atoms in total. The Balaban J connectivity index is 2.13. The van der Waals surface area contributed by atoms with Gasteiger partial charge in [-0.2, -0.15) is 0 Å². The SMILES string of the molecule is CCCC(=O)OCc1cc(=O)oc2ccc3ccccc3c12. The van der Waals surface area contributed by atoms with Crippen molar-refractivity contribution in [1.29, 1.82) is 0 Å². The Morgan fingerprint density at radius 1 is 1.18 bits per heavy atom. The van der Waals surface area contributed by atoms with Crippen LogP contribution in [-0.4, -0.2) is 5.97 Å². The monoisotopic (exact) mass is 296 g/mol. The summed E-state index contributed by atoms with van der Waals surface area (Å²) in [7, 11) is 0. The highest BCUT2D eigenvalue weighted by atomic mass is 16.5. The molecule has 0 bridgehead atoms. The smallest absolute Gasteiger partial charge is 0.336 e. The first-order valence-corrected chi connectivity index (χ1v) is 7.29. The number of hydrogen-bond acceptors (Lipinski definition) is 4. The molecule has 1 heterocycles. The quantitative estimate of drug-likeness (QED) is 0.417. The molecule has 0 atom stereocenters. The fraction of sp³-hybridized carbons (Fsp3) is 0.222. The molecule has 0 saturated carbocycles. The fourth-order valence-electron chi connectivity index (χ4n) is 2.57. The minimum absolute atomic E-state index is 0.0783. The van der Waals surface area contributed by atoms with Gasteiger partial charge in [0.05, 0.1) is 0 Å². The molecule has 1 aromatic heterocycles. The van der Waals surface area contributed by atoms with Crippen molar-refractivity contribution < 1.29 is 13.9 Å². The fourth-order valence-corrected chi connectivity index (χ4v) is 2.57. The van der Waals surface area contributed by atoms with Gasteiger partial charge in [0.15, 0.2) is 0 Å². The second-order valence-electron chi connectivity index (χ2n) is 5.16. The molecule has 22 heavy (non-hydrogen) atoms. The van der Waals surface area contributed by atoms with Crippen molar-refractivity contribution in [3.05, 3.63) is 58.4 Å². The molecule has 0 radical (unpaired) electrons. The van der Waals surface area contributed by atoms with E-state index in [-0.39, 0.29) is 12.6 Å². The largest absolute Gasteiger partial charge is 0.461 e. The number of fused-ring (bicyclic) bond motifs is 3. The molecule has 0 spiro atoms. The van der Waals surface area contributed by atoms with E-state index in [0.717, 1.165) is 22.6 Å². The van der Waals surface area contributed by atoms with Gasteiger partial charge in [0.2, 0.25) is 0 Å². The van der Waals surface area contributed by atoms with Crippen LogP contribution in [0.3, 0.4) is 0 Å². The Bertz CT molecular complexity index is 892. The molecule has 0 aliphatic carbocycles. The lowest BCUT2D eigenvalue weighted by molar-refractivity contribution is -0.144. The van der Waals surface area contributed by atoms with Crippen molar-refractivity contribution in [2.45, 2.75) is 26.4 Å². The lowest BCUT2D eigenvalue weighted by Crippen LogP contribution is -2.07. The van der Waals surface area contributed by atoms with Crippen LogP contribution in [-0.2, 0) is 16.1 Å². The second kappa shape index (κ2) is 6.02. The van der Waals surface area contributed by atoms with Gasteiger partial charge >= 0.3 is 11.6 Å². The minimum Gasteiger partial charge on any atom is -0.461 e. The standard InChI is InChI=1S/C18H16O4/c1-2-5-16(19)21-11-13-10-17(20)22-15-9-8-12-6-3-4-7-14(12)18(13)15/h3-4,6-10H,2,5,11H2,1H3. The third-order valence-corrected chi connectivity index (χ3v) is 3.56. The first kappa shape index (κ1) is 14.3. The Morgan fingerprint density at radius 3 is 2.82 bits per heavy atom. The zero-order chi connectivity index (χ0) is 15.5. The molecular weight excluding hydrogens is 280 g/mol. The molecule has 4 heteroatoms. The van der Waals surface area contributed by atoms with Crippen LogP contribution >= 0.6 is 0 Å². The van der Waals surface area contributed by atoms with Crippen molar-refractivity contribution in [3.63, 3.8) is 0 Å². The normalized spacial score (nSPS) is 11.0. The van der Waals surface area contributed by atoms with Crippen molar-refractivity contribution in [3.8, 4) is 0 Å². The van der Waals surface area contributed by atoms with E-state index in [1.165, 1.54) is 6.07 Å². The number of carbonyl (C=O) groups is 1. The summed E-state index contributed by atoms with van der Waals surface area (Å²) in [4.78, 5) is 23.3. The molecule has 0 amide bonds. The summed E-state index contributed by atoms with van der Waals surface area (Å²) in [6.07, 6.45) is 1.11. The minimum atomic E-state index is -0.440. The highest BCUT2D eigenvalue weighted by Crippen LogP contribution is 2.27. The molecule has 112 valence electrons. The van der Waals surface area contributed by atoms with Gasteiger partial charge in [-0.25, -0.2) is 4.79 Å². The van der Waals surface area contributed by atoms with Crippen molar-refractivity contribution in [2.24, 2.45) is 0 Å². The molecule has 0 unspecified atom stereocenters. The predicted octanol–water partition coefficient (Wildman–Crippen LogP) is 3.79. The molecule has 0 N–H and O–H groups in total. The molecule has 0 saturated heterocycles. The zero-order valence-electron chi connectivity index (χ0n) is 12.3. The van der Waals surface area contributed by atoms with Crippen LogP contribution in [0.15, 0.2) is 51.7 Å². The Labute approximate surface area is 127 Å². The number of rotatable bonds is 4. The van der Waals surface area contributed by atoms with Crippen LogP contribution in [0.25, 0.3) is 21.7 Å². The number of carbonyl (C=O) groups excluding carboxylic acids is 1. The van der Waals surface area contributed by atoms with Gasteiger partial charge in [0.25, 0.3) is 0 Å². The summed E-state index contributed by atoms with van der Waals surface area (Å²) in [5.74, 6) is -0.260. The average molecular weight is 296 g/mol. The summed E-state index contributed by atoms with van der Waals surface area (Å²) in [6, 6.07) is 12.9. The lowest BCUT2D eigenvalue weighted by Gasteiger charge is -2.09. The van der Waals surface area contributed by atoms with E-state index in [9.17, 15) is 9.59 Å². The van der Waals surface area contributed by atoms with Crippen LogP contribution in [0.5, 0.6) is 0 Å².